The minimum absolute atomic E-state index is 0.389. The van der Waals surface area contributed by atoms with Gasteiger partial charge in [-0.1, -0.05) is 30.6 Å². The van der Waals surface area contributed by atoms with Crippen LogP contribution in [0.1, 0.15) is 0 Å². The Hall–Kier alpha value is -1.08. The van der Waals surface area contributed by atoms with Crippen molar-refractivity contribution in [2.75, 3.05) is 0 Å². The van der Waals surface area contributed by atoms with Crippen molar-refractivity contribution in [3.8, 4) is 11.8 Å². The first-order valence-electron chi connectivity index (χ1n) is 4.06. The number of allylic oxidation sites excluding steroid dienone is 1. The molecule has 4 atom stereocenters. The van der Waals surface area contributed by atoms with E-state index in [0.29, 0.717) is 0 Å². The van der Waals surface area contributed by atoms with Gasteiger partial charge < -0.3 is 14.9 Å². The van der Waals surface area contributed by atoms with Gasteiger partial charge in [-0.05, 0) is 6.08 Å². The summed E-state index contributed by atoms with van der Waals surface area (Å²) in [4.78, 5) is 0. The molecule has 0 amide bonds. The van der Waals surface area contributed by atoms with Gasteiger partial charge >= 0.3 is 0 Å². The Labute approximate surface area is 76.3 Å². The van der Waals surface area contributed by atoms with E-state index in [1.165, 1.54) is 18.2 Å². The van der Waals surface area contributed by atoms with Gasteiger partial charge in [0.2, 0.25) is 0 Å². The Bertz CT molecular complexity index is 323. The zero-order chi connectivity index (χ0) is 9.47. The predicted octanol–water partition coefficient (Wildman–Crippen LogP) is -0.395. The van der Waals surface area contributed by atoms with Crippen molar-refractivity contribution >= 4 is 0 Å². The van der Waals surface area contributed by atoms with Crippen LogP contribution in [0.25, 0.3) is 0 Å². The fraction of sp³-hybridized carbons (Fsp3) is 0.400. The highest BCUT2D eigenvalue weighted by atomic mass is 16.6. The molecule has 13 heavy (non-hydrogen) atoms. The summed E-state index contributed by atoms with van der Waals surface area (Å²) in [6, 6.07) is 0. The lowest BCUT2D eigenvalue weighted by Gasteiger charge is -2.16. The summed E-state index contributed by atoms with van der Waals surface area (Å²) >= 11 is 0. The van der Waals surface area contributed by atoms with Gasteiger partial charge in [-0.3, -0.25) is 0 Å². The maximum atomic E-state index is 9.55. The third kappa shape index (κ3) is 1.11. The molecule has 1 saturated heterocycles. The van der Waals surface area contributed by atoms with Gasteiger partial charge in [0.05, 0.1) is 0 Å². The average Bonchev–Trinajstić information content (AvgIpc) is 2.86. The van der Waals surface area contributed by atoms with Crippen LogP contribution >= 0.6 is 0 Å². The first-order chi connectivity index (χ1) is 6.20. The molecule has 0 aromatic heterocycles. The summed E-state index contributed by atoms with van der Waals surface area (Å²) in [5.41, 5.74) is -0.887. The van der Waals surface area contributed by atoms with Gasteiger partial charge in [-0.25, -0.2) is 0 Å². The lowest BCUT2D eigenvalue weighted by molar-refractivity contribution is 0.144. The summed E-state index contributed by atoms with van der Waals surface area (Å²) < 4.78 is 5.21. The second-order valence-electron chi connectivity index (χ2n) is 3.13. The topological polar surface area (TPSA) is 53.0 Å². The smallest absolute Gasteiger partial charge is 0.187 e. The Kier molecular flexibility index (Phi) is 1.77. The van der Waals surface area contributed by atoms with Crippen LogP contribution in [0, 0.1) is 11.8 Å². The maximum absolute atomic E-state index is 9.55. The van der Waals surface area contributed by atoms with E-state index in [1.807, 2.05) is 0 Å². The van der Waals surface area contributed by atoms with Crippen molar-refractivity contribution in [2.45, 2.75) is 23.9 Å². The molecule has 0 radical (unpaired) electrons. The Morgan fingerprint density at radius 3 is 2.92 bits per heavy atom. The number of rotatable bonds is 0. The molecule has 1 fully saturated rings. The molecule has 0 aromatic carbocycles. The van der Waals surface area contributed by atoms with Crippen LogP contribution in [0.4, 0.5) is 0 Å². The molecule has 1 aliphatic carbocycles. The Morgan fingerprint density at radius 1 is 1.46 bits per heavy atom. The average molecular weight is 178 g/mol. The van der Waals surface area contributed by atoms with Crippen LogP contribution in [0.5, 0.6) is 0 Å². The summed E-state index contributed by atoms with van der Waals surface area (Å²) in [5.74, 6) is 5.39. The number of ether oxygens (including phenoxy) is 1. The molecule has 2 N–H and O–H groups in total. The van der Waals surface area contributed by atoms with E-state index in [9.17, 15) is 10.2 Å². The number of hydrogen-bond acceptors (Lipinski definition) is 3. The monoisotopic (exact) mass is 178 g/mol. The molecule has 1 aliphatic heterocycles. The van der Waals surface area contributed by atoms with Crippen LogP contribution in [0.2, 0.25) is 0 Å². The van der Waals surface area contributed by atoms with Crippen molar-refractivity contribution in [2.24, 2.45) is 0 Å². The largest absolute Gasteiger partial charge is 0.386 e. The molecule has 2 aliphatic rings. The fourth-order valence-electron chi connectivity index (χ4n) is 1.54. The van der Waals surface area contributed by atoms with Gasteiger partial charge in [-0.2, -0.15) is 0 Å². The van der Waals surface area contributed by atoms with Gasteiger partial charge in [-0.15, -0.1) is 0 Å². The first-order valence-corrected chi connectivity index (χ1v) is 4.06. The van der Waals surface area contributed by atoms with Crippen LogP contribution in [-0.2, 0) is 4.74 Å². The van der Waals surface area contributed by atoms with E-state index < -0.39 is 17.8 Å². The lowest BCUT2D eigenvalue weighted by Crippen LogP contribution is -2.36. The van der Waals surface area contributed by atoms with Gasteiger partial charge in [0, 0.05) is 0 Å². The summed E-state index contributed by atoms with van der Waals surface area (Å²) in [6.45, 7) is 3.45. The normalized spacial score (nSPS) is 45.8. The molecule has 3 nitrogen and oxygen atoms in total. The zero-order valence-electron chi connectivity index (χ0n) is 6.97. The quantitative estimate of drug-likeness (QED) is 0.301. The molecule has 68 valence electrons. The zero-order valence-corrected chi connectivity index (χ0v) is 6.97. The SMILES string of the molecule is C=CC#C[C@@]12O[C@@H]1[C@@H](O)C=C[C@@H]2O. The Morgan fingerprint density at radius 2 is 2.23 bits per heavy atom. The van der Waals surface area contributed by atoms with Gasteiger partial charge in [0.25, 0.3) is 0 Å². The number of hydrogen-bond donors (Lipinski definition) is 2. The number of fused-ring (bicyclic) bond motifs is 1. The van der Waals surface area contributed by atoms with E-state index >= 15 is 0 Å². The fourth-order valence-corrected chi connectivity index (χ4v) is 1.54. The number of aliphatic hydroxyl groups is 2. The highest BCUT2D eigenvalue weighted by Crippen LogP contribution is 2.44. The second-order valence-corrected chi connectivity index (χ2v) is 3.13. The summed E-state index contributed by atoms with van der Waals surface area (Å²) in [5, 5.41) is 18.9. The maximum Gasteiger partial charge on any atom is 0.187 e. The molecule has 0 aromatic rings. The van der Waals surface area contributed by atoms with E-state index in [1.54, 1.807) is 0 Å². The number of aliphatic hydroxyl groups excluding tert-OH is 2. The highest BCUT2D eigenvalue weighted by Gasteiger charge is 2.64. The molecule has 2 rings (SSSR count). The van der Waals surface area contributed by atoms with Crippen LogP contribution in [0.3, 0.4) is 0 Å². The van der Waals surface area contributed by atoms with Crippen molar-refractivity contribution in [3.05, 3.63) is 24.8 Å². The summed E-state index contributed by atoms with van der Waals surface area (Å²) in [6.07, 6.45) is 2.66. The van der Waals surface area contributed by atoms with Crippen molar-refractivity contribution in [3.63, 3.8) is 0 Å². The highest BCUT2D eigenvalue weighted by molar-refractivity contribution is 5.38. The molecule has 0 unspecified atom stereocenters. The summed E-state index contributed by atoms with van der Waals surface area (Å²) in [7, 11) is 0. The van der Waals surface area contributed by atoms with Crippen molar-refractivity contribution < 1.29 is 14.9 Å². The van der Waals surface area contributed by atoms with Gasteiger partial charge in [0.15, 0.2) is 5.60 Å². The van der Waals surface area contributed by atoms with Gasteiger partial charge in [0.1, 0.15) is 18.3 Å². The first kappa shape index (κ1) is 8.52. The molecule has 3 heteroatoms. The molecule has 0 saturated carbocycles. The van der Waals surface area contributed by atoms with Crippen LogP contribution in [0.15, 0.2) is 24.8 Å². The molecule has 0 bridgehead atoms. The van der Waals surface area contributed by atoms with Crippen LogP contribution < -0.4 is 0 Å². The third-order valence-corrected chi connectivity index (χ3v) is 2.30. The van der Waals surface area contributed by atoms with Crippen molar-refractivity contribution in [1.29, 1.82) is 0 Å². The van der Waals surface area contributed by atoms with Crippen LogP contribution in [-0.4, -0.2) is 34.1 Å². The van der Waals surface area contributed by atoms with E-state index in [2.05, 4.69) is 18.4 Å². The molecule has 1 heterocycles. The van der Waals surface area contributed by atoms with E-state index in [-0.39, 0.29) is 6.10 Å². The Balaban J connectivity index is 2.27. The minimum Gasteiger partial charge on any atom is -0.386 e. The number of epoxide rings is 1. The van der Waals surface area contributed by atoms with E-state index in [4.69, 9.17) is 4.74 Å². The minimum atomic E-state index is -0.887. The molecule has 0 spiro atoms. The molecular formula is C10H10O3. The lowest BCUT2D eigenvalue weighted by atomic mass is 9.90. The predicted molar refractivity (Wildman–Crippen MR) is 46.7 cm³/mol. The second kappa shape index (κ2) is 2.71. The molecular weight excluding hydrogens is 168 g/mol. The van der Waals surface area contributed by atoms with Crippen molar-refractivity contribution in [1.82, 2.24) is 0 Å². The van der Waals surface area contributed by atoms with E-state index in [0.717, 1.165) is 0 Å². The third-order valence-electron chi connectivity index (χ3n) is 2.30. The standard InChI is InChI=1S/C10H10O3/c1-2-3-6-10-8(12)5-4-7(11)9(10)13-10/h2,4-5,7-9,11-12H,1H2/t7-,8-,9+,10-/m0/s1.